The fourth-order valence-electron chi connectivity index (χ4n) is 8.04. The van der Waals surface area contributed by atoms with Gasteiger partial charge in [-0.25, -0.2) is 0 Å². The van der Waals surface area contributed by atoms with Crippen molar-refractivity contribution in [3.63, 3.8) is 0 Å². The number of hydrogen-bond acceptors (Lipinski definition) is 4. The lowest BCUT2D eigenvalue weighted by molar-refractivity contribution is 0.101. The largest absolute Gasteiger partial charge is 0.398 e. The summed E-state index contributed by atoms with van der Waals surface area (Å²) in [5.41, 5.74) is 22.1. The minimum absolute atomic E-state index is 0.211. The monoisotopic (exact) mass is 686 g/mol. The second-order valence-electron chi connectivity index (χ2n) is 13.4. The minimum Gasteiger partial charge on any atom is -0.398 e. The first-order valence-electron chi connectivity index (χ1n) is 17.5. The fourth-order valence-corrected chi connectivity index (χ4v) is 8.04. The molecule has 8 aromatic rings. The molecule has 8 aromatic carbocycles. The molecule has 6 nitrogen and oxygen atoms in total. The quantitative estimate of drug-likeness (QED) is 0.131. The average molecular weight is 687 g/mol. The van der Waals surface area contributed by atoms with Crippen LogP contribution in [0.15, 0.2) is 170 Å². The van der Waals surface area contributed by atoms with Crippen LogP contribution in [-0.2, 0) is 5.41 Å². The highest BCUT2D eigenvalue weighted by Crippen LogP contribution is 2.56. The van der Waals surface area contributed by atoms with E-state index in [-0.39, 0.29) is 11.8 Å². The number of nitrogens with one attached hydrogen (secondary N) is 2. The predicted molar refractivity (Wildman–Crippen MR) is 216 cm³/mol. The number of fused-ring (bicyclic) bond motifs is 5. The van der Waals surface area contributed by atoms with Gasteiger partial charge >= 0.3 is 0 Å². The lowest BCUT2D eigenvalue weighted by atomic mass is 9.67. The van der Waals surface area contributed by atoms with Crippen LogP contribution in [0.3, 0.4) is 0 Å². The molecule has 0 saturated heterocycles. The van der Waals surface area contributed by atoms with E-state index >= 15 is 0 Å². The highest BCUT2D eigenvalue weighted by atomic mass is 16.2. The molecule has 0 unspecified atom stereocenters. The maximum atomic E-state index is 13.7. The molecule has 6 heteroatoms. The van der Waals surface area contributed by atoms with Gasteiger partial charge in [0.1, 0.15) is 0 Å². The third-order valence-corrected chi connectivity index (χ3v) is 10.5. The van der Waals surface area contributed by atoms with E-state index in [1.807, 2.05) is 121 Å². The first-order chi connectivity index (χ1) is 25.9. The SMILES string of the molecule is Nc1cccc2c(NC(=O)c3ccc(C4(c5ccc(C(=O)Nc6cccc7c(N)cccc67)cc5)c5ccccc5-c5ccccc54)cc3)cccc12. The van der Waals surface area contributed by atoms with Gasteiger partial charge in [0.25, 0.3) is 11.8 Å². The zero-order valence-electron chi connectivity index (χ0n) is 28.6. The summed E-state index contributed by atoms with van der Waals surface area (Å²) < 4.78 is 0. The van der Waals surface area contributed by atoms with Crippen molar-refractivity contribution in [1.29, 1.82) is 0 Å². The molecule has 0 bridgehead atoms. The van der Waals surface area contributed by atoms with E-state index in [2.05, 4.69) is 59.2 Å². The molecule has 2 amide bonds. The number of benzene rings is 8. The van der Waals surface area contributed by atoms with Gasteiger partial charge < -0.3 is 22.1 Å². The molecular weight excluding hydrogens is 653 g/mol. The number of anilines is 4. The minimum atomic E-state index is -0.697. The number of hydrogen-bond donors (Lipinski definition) is 4. The summed E-state index contributed by atoms with van der Waals surface area (Å²) in [6.45, 7) is 0. The molecule has 53 heavy (non-hydrogen) atoms. The van der Waals surface area contributed by atoms with Gasteiger partial charge in [-0.1, -0.05) is 121 Å². The Morgan fingerprint density at radius 3 is 1.21 bits per heavy atom. The molecular formula is C47H34N4O2. The van der Waals surface area contributed by atoms with Crippen molar-refractivity contribution < 1.29 is 9.59 Å². The van der Waals surface area contributed by atoms with Crippen LogP contribution in [0.5, 0.6) is 0 Å². The Balaban J connectivity index is 1.10. The molecule has 0 spiro atoms. The van der Waals surface area contributed by atoms with E-state index in [1.165, 1.54) is 0 Å². The second-order valence-corrected chi connectivity index (χ2v) is 13.4. The topological polar surface area (TPSA) is 110 Å². The maximum absolute atomic E-state index is 13.7. The molecule has 0 atom stereocenters. The van der Waals surface area contributed by atoms with Crippen LogP contribution in [0.1, 0.15) is 43.0 Å². The van der Waals surface area contributed by atoms with Crippen molar-refractivity contribution in [1.82, 2.24) is 0 Å². The van der Waals surface area contributed by atoms with Crippen molar-refractivity contribution in [3.05, 3.63) is 203 Å². The third-order valence-electron chi connectivity index (χ3n) is 10.5. The highest BCUT2D eigenvalue weighted by Gasteiger charge is 2.45. The molecule has 0 aliphatic heterocycles. The van der Waals surface area contributed by atoms with Crippen LogP contribution < -0.4 is 22.1 Å². The van der Waals surface area contributed by atoms with Crippen molar-refractivity contribution in [2.45, 2.75) is 5.41 Å². The zero-order valence-corrected chi connectivity index (χ0v) is 28.6. The van der Waals surface area contributed by atoms with Crippen LogP contribution in [-0.4, -0.2) is 11.8 Å². The normalized spacial score (nSPS) is 12.6. The van der Waals surface area contributed by atoms with Gasteiger partial charge in [-0.2, -0.15) is 0 Å². The standard InChI is InChI=1S/C47H34N4O2/c48-41-17-5-13-37-35(41)11-7-19-43(37)50-45(52)29-21-25-31(26-22-29)47(39-15-3-1-9-33(39)34-10-2-4-16-40(34)47)32-27-23-30(24-28-32)46(53)51-44-20-8-12-36-38(44)14-6-18-42(36)49/h1-28H,48-49H2,(H,50,52)(H,51,53). The first kappa shape index (κ1) is 31.8. The third kappa shape index (κ3) is 5.11. The van der Waals surface area contributed by atoms with Crippen molar-refractivity contribution in [3.8, 4) is 11.1 Å². The van der Waals surface area contributed by atoms with E-state index in [1.54, 1.807) is 0 Å². The van der Waals surface area contributed by atoms with Crippen LogP contribution >= 0.6 is 0 Å². The van der Waals surface area contributed by atoms with Gasteiger partial charge in [0.15, 0.2) is 0 Å². The van der Waals surface area contributed by atoms with E-state index in [9.17, 15) is 9.59 Å². The molecule has 0 radical (unpaired) electrons. The first-order valence-corrected chi connectivity index (χ1v) is 17.5. The summed E-state index contributed by atoms with van der Waals surface area (Å²) in [6, 6.07) is 55.5. The molecule has 1 aliphatic carbocycles. The van der Waals surface area contributed by atoms with Gasteiger partial charge in [0.2, 0.25) is 0 Å². The lowest BCUT2D eigenvalue weighted by Gasteiger charge is -2.34. The number of carbonyl (C=O) groups excluding carboxylic acids is 2. The van der Waals surface area contributed by atoms with E-state index in [0.717, 1.165) is 54.9 Å². The number of carbonyl (C=O) groups is 2. The molecule has 9 rings (SSSR count). The molecule has 0 fully saturated rings. The Hall–Kier alpha value is -7.18. The van der Waals surface area contributed by atoms with E-state index in [4.69, 9.17) is 11.5 Å². The van der Waals surface area contributed by atoms with Crippen LogP contribution in [0.2, 0.25) is 0 Å². The lowest BCUT2D eigenvalue weighted by Crippen LogP contribution is -2.29. The summed E-state index contributed by atoms with van der Waals surface area (Å²) in [5, 5.41) is 9.75. The smallest absolute Gasteiger partial charge is 0.255 e. The summed E-state index contributed by atoms with van der Waals surface area (Å²) in [7, 11) is 0. The van der Waals surface area contributed by atoms with Gasteiger partial charge in [-0.05, 0) is 81.9 Å². The summed E-state index contributed by atoms with van der Waals surface area (Å²) in [4.78, 5) is 27.3. The number of nitrogen functional groups attached to an aromatic ring is 2. The zero-order chi connectivity index (χ0) is 36.1. The van der Waals surface area contributed by atoms with Gasteiger partial charge in [-0.15, -0.1) is 0 Å². The Bertz CT molecular complexity index is 2550. The number of amides is 2. The second kappa shape index (κ2) is 12.5. The molecule has 0 saturated carbocycles. The van der Waals surface area contributed by atoms with Crippen LogP contribution in [0.25, 0.3) is 32.7 Å². The van der Waals surface area contributed by atoms with Crippen molar-refractivity contribution >= 4 is 56.1 Å². The van der Waals surface area contributed by atoms with Crippen molar-refractivity contribution in [2.24, 2.45) is 0 Å². The average Bonchev–Trinajstić information content (AvgIpc) is 3.50. The van der Waals surface area contributed by atoms with Crippen LogP contribution in [0.4, 0.5) is 22.7 Å². The van der Waals surface area contributed by atoms with Gasteiger partial charge in [0.05, 0.1) is 5.41 Å². The Morgan fingerprint density at radius 2 is 0.774 bits per heavy atom. The molecule has 254 valence electrons. The highest BCUT2D eigenvalue weighted by molar-refractivity contribution is 6.12. The predicted octanol–water partition coefficient (Wildman–Crippen LogP) is 10.0. The Labute approximate surface area is 306 Å². The summed E-state index contributed by atoms with van der Waals surface area (Å²) >= 11 is 0. The fraction of sp³-hybridized carbons (Fsp3) is 0.0213. The number of rotatable bonds is 6. The molecule has 0 heterocycles. The molecule has 0 aromatic heterocycles. The van der Waals surface area contributed by atoms with Crippen molar-refractivity contribution in [2.75, 3.05) is 22.1 Å². The Kier molecular flexibility index (Phi) is 7.52. The molecule has 1 aliphatic rings. The maximum Gasteiger partial charge on any atom is 0.255 e. The number of nitrogens with two attached hydrogens (primary N) is 2. The van der Waals surface area contributed by atoms with E-state index in [0.29, 0.717) is 33.9 Å². The Morgan fingerprint density at radius 1 is 0.396 bits per heavy atom. The summed E-state index contributed by atoms with van der Waals surface area (Å²) in [5.74, 6) is -0.422. The summed E-state index contributed by atoms with van der Waals surface area (Å²) in [6.07, 6.45) is 0. The van der Waals surface area contributed by atoms with Crippen LogP contribution in [0, 0.1) is 0 Å². The molecule has 6 N–H and O–H groups in total. The van der Waals surface area contributed by atoms with E-state index < -0.39 is 5.41 Å². The van der Waals surface area contributed by atoms with Gasteiger partial charge in [0, 0.05) is 55.4 Å². The van der Waals surface area contributed by atoms with Gasteiger partial charge in [-0.3, -0.25) is 9.59 Å².